The summed E-state index contributed by atoms with van der Waals surface area (Å²) in [5.41, 5.74) is -1.83. The first-order valence-corrected chi connectivity index (χ1v) is 10.6. The number of carboxylic acid groups (broad SMARTS) is 1. The van der Waals surface area contributed by atoms with Gasteiger partial charge in [0.2, 0.25) is 5.91 Å². The van der Waals surface area contributed by atoms with Gasteiger partial charge < -0.3 is 14.9 Å². The molecular weight excluding hydrogens is 497 g/mol. The molecule has 1 heterocycles. The molecule has 0 bridgehead atoms. The summed E-state index contributed by atoms with van der Waals surface area (Å²) in [5.74, 6) is -1.16. The quantitative estimate of drug-likeness (QED) is 0.491. The highest BCUT2D eigenvalue weighted by molar-refractivity contribution is 5.90. The summed E-state index contributed by atoms with van der Waals surface area (Å²) >= 11 is 0. The van der Waals surface area contributed by atoms with E-state index in [0.29, 0.717) is 35.3 Å². The molecule has 5 nitrogen and oxygen atoms in total. The molecule has 0 unspecified atom stereocenters. The van der Waals surface area contributed by atoms with E-state index in [-0.39, 0.29) is 31.1 Å². The molecule has 36 heavy (non-hydrogen) atoms. The van der Waals surface area contributed by atoms with Crippen molar-refractivity contribution in [3.05, 3.63) is 76.1 Å². The molecular formula is C24H21F7N2O3. The zero-order valence-electron chi connectivity index (χ0n) is 18.9. The maximum Gasteiger partial charge on any atom is 0.416 e. The van der Waals surface area contributed by atoms with E-state index in [2.05, 4.69) is 0 Å². The number of hydrogen-bond donors (Lipinski definition) is 1. The Bertz CT molecular complexity index is 1140. The minimum atomic E-state index is -5.02. The highest BCUT2D eigenvalue weighted by atomic mass is 19.4. The van der Waals surface area contributed by atoms with Crippen LogP contribution in [0.1, 0.15) is 35.1 Å². The molecule has 1 aliphatic rings. The molecule has 2 aromatic carbocycles. The first-order chi connectivity index (χ1) is 16.6. The molecule has 0 spiro atoms. The van der Waals surface area contributed by atoms with Crippen molar-refractivity contribution >= 4 is 17.6 Å². The largest absolute Gasteiger partial charge is 0.465 e. The van der Waals surface area contributed by atoms with Crippen LogP contribution in [0.3, 0.4) is 0 Å². The Morgan fingerprint density at radius 1 is 0.972 bits per heavy atom. The number of benzene rings is 2. The van der Waals surface area contributed by atoms with Crippen LogP contribution in [0.15, 0.2) is 48.0 Å². The highest BCUT2D eigenvalue weighted by Crippen LogP contribution is 2.37. The van der Waals surface area contributed by atoms with Gasteiger partial charge in [0, 0.05) is 26.7 Å². The fourth-order valence-electron chi connectivity index (χ4n) is 3.91. The summed E-state index contributed by atoms with van der Waals surface area (Å²) < 4.78 is 92.4. The molecule has 1 fully saturated rings. The first kappa shape index (κ1) is 27.0. The van der Waals surface area contributed by atoms with Crippen molar-refractivity contribution < 1.29 is 45.4 Å². The molecule has 0 atom stereocenters. The number of hydrogen-bond acceptors (Lipinski definition) is 2. The van der Waals surface area contributed by atoms with Crippen molar-refractivity contribution in [2.45, 2.75) is 31.7 Å². The van der Waals surface area contributed by atoms with Gasteiger partial charge in [-0.3, -0.25) is 4.79 Å². The van der Waals surface area contributed by atoms with Gasteiger partial charge in [-0.25, -0.2) is 9.18 Å². The molecule has 3 rings (SSSR count). The van der Waals surface area contributed by atoms with E-state index in [9.17, 15) is 45.4 Å². The van der Waals surface area contributed by atoms with E-state index >= 15 is 0 Å². The average molecular weight is 518 g/mol. The predicted molar refractivity (Wildman–Crippen MR) is 115 cm³/mol. The maximum atomic E-state index is 13.4. The molecule has 2 amide bonds. The van der Waals surface area contributed by atoms with Crippen LogP contribution in [0.5, 0.6) is 0 Å². The topological polar surface area (TPSA) is 60.9 Å². The van der Waals surface area contributed by atoms with Gasteiger partial charge in [-0.05, 0) is 59.0 Å². The van der Waals surface area contributed by atoms with E-state index in [1.54, 1.807) is 0 Å². The van der Waals surface area contributed by atoms with Crippen molar-refractivity contribution in [3.63, 3.8) is 0 Å². The third kappa shape index (κ3) is 6.55. The zero-order valence-corrected chi connectivity index (χ0v) is 18.9. The van der Waals surface area contributed by atoms with Crippen LogP contribution >= 0.6 is 0 Å². The third-order valence-electron chi connectivity index (χ3n) is 5.78. The molecule has 0 aliphatic carbocycles. The Morgan fingerprint density at radius 3 is 2.00 bits per heavy atom. The Labute approximate surface area is 201 Å². The second kappa shape index (κ2) is 10.2. The van der Waals surface area contributed by atoms with Gasteiger partial charge in [-0.1, -0.05) is 12.1 Å². The fraction of sp³-hybridized carbons (Fsp3) is 0.333. The molecule has 1 N–H and O–H groups in total. The van der Waals surface area contributed by atoms with Crippen molar-refractivity contribution in [3.8, 4) is 0 Å². The number of halogens is 7. The maximum absolute atomic E-state index is 13.4. The lowest BCUT2D eigenvalue weighted by Crippen LogP contribution is -2.27. The number of carbonyl (C=O) groups excluding carboxylic acids is 1. The second-order valence-corrected chi connectivity index (χ2v) is 8.38. The summed E-state index contributed by atoms with van der Waals surface area (Å²) in [4.78, 5) is 26.4. The van der Waals surface area contributed by atoms with E-state index < -0.39 is 47.8 Å². The van der Waals surface area contributed by atoms with Crippen molar-refractivity contribution in [2.75, 3.05) is 20.1 Å². The lowest BCUT2D eigenvalue weighted by molar-refractivity contribution is -0.143. The van der Waals surface area contributed by atoms with Crippen LogP contribution in [0.2, 0.25) is 0 Å². The van der Waals surface area contributed by atoms with Gasteiger partial charge in [-0.15, -0.1) is 0 Å². The minimum absolute atomic E-state index is 0.0106. The Hall–Kier alpha value is -3.57. The van der Waals surface area contributed by atoms with E-state index in [1.165, 1.54) is 19.2 Å². The smallest absolute Gasteiger partial charge is 0.416 e. The number of nitrogens with zero attached hydrogens (tertiary/aromatic N) is 2. The van der Waals surface area contributed by atoms with Crippen LogP contribution in [-0.2, 0) is 23.7 Å². The molecule has 0 radical (unpaired) electrons. The van der Waals surface area contributed by atoms with Crippen LogP contribution in [0.4, 0.5) is 35.5 Å². The van der Waals surface area contributed by atoms with Gasteiger partial charge >= 0.3 is 18.4 Å². The number of rotatable bonds is 5. The predicted octanol–water partition coefficient (Wildman–Crippen LogP) is 6.05. The molecule has 2 aromatic rings. The van der Waals surface area contributed by atoms with Crippen LogP contribution in [-0.4, -0.2) is 47.0 Å². The number of alkyl halides is 6. The number of amides is 2. The third-order valence-corrected chi connectivity index (χ3v) is 5.78. The van der Waals surface area contributed by atoms with Crippen LogP contribution in [0.25, 0.3) is 5.57 Å². The monoisotopic (exact) mass is 518 g/mol. The van der Waals surface area contributed by atoms with Gasteiger partial charge in [-0.2, -0.15) is 26.3 Å². The van der Waals surface area contributed by atoms with Crippen LogP contribution < -0.4 is 0 Å². The van der Waals surface area contributed by atoms with Gasteiger partial charge in [0.05, 0.1) is 17.5 Å². The SMILES string of the molecule is CN(Cc1cc(C(F)(F)F)cc(C(F)(F)F)c1)C(=O)C/C(=C1/CCN(C(=O)O)C1)c1ccc(F)cc1. The van der Waals surface area contributed by atoms with Gasteiger partial charge in [0.1, 0.15) is 5.82 Å². The average Bonchev–Trinajstić information content (AvgIpc) is 3.27. The molecule has 12 heteroatoms. The Morgan fingerprint density at radius 2 is 1.53 bits per heavy atom. The fourth-order valence-corrected chi connectivity index (χ4v) is 3.91. The molecule has 1 saturated heterocycles. The molecule has 194 valence electrons. The zero-order chi connectivity index (χ0) is 26.8. The summed E-state index contributed by atoms with van der Waals surface area (Å²) in [6, 6.07) is 6.27. The summed E-state index contributed by atoms with van der Waals surface area (Å²) in [7, 11) is 1.24. The van der Waals surface area contributed by atoms with E-state index in [4.69, 9.17) is 0 Å². The van der Waals surface area contributed by atoms with E-state index in [1.807, 2.05) is 0 Å². The Kier molecular flexibility index (Phi) is 7.65. The van der Waals surface area contributed by atoms with Gasteiger partial charge in [0.25, 0.3) is 0 Å². The number of likely N-dealkylation sites (tertiary alicyclic amines) is 1. The van der Waals surface area contributed by atoms with Gasteiger partial charge in [0.15, 0.2) is 0 Å². The molecule has 1 aliphatic heterocycles. The second-order valence-electron chi connectivity index (χ2n) is 8.38. The van der Waals surface area contributed by atoms with Crippen molar-refractivity contribution in [1.82, 2.24) is 9.80 Å². The Balaban J connectivity index is 1.88. The lowest BCUT2D eigenvalue weighted by Gasteiger charge is -2.21. The molecule has 0 saturated carbocycles. The number of carbonyl (C=O) groups is 2. The van der Waals surface area contributed by atoms with Crippen LogP contribution in [0, 0.1) is 5.82 Å². The van der Waals surface area contributed by atoms with Crippen molar-refractivity contribution in [1.29, 1.82) is 0 Å². The molecule has 0 aromatic heterocycles. The first-order valence-electron chi connectivity index (χ1n) is 10.6. The highest BCUT2D eigenvalue weighted by Gasteiger charge is 2.37. The summed E-state index contributed by atoms with van der Waals surface area (Å²) in [6.07, 6.45) is -11.2. The summed E-state index contributed by atoms with van der Waals surface area (Å²) in [5, 5.41) is 9.23. The van der Waals surface area contributed by atoms with Crippen molar-refractivity contribution in [2.24, 2.45) is 0 Å². The minimum Gasteiger partial charge on any atom is -0.465 e. The normalized spacial score (nSPS) is 15.7. The summed E-state index contributed by atoms with van der Waals surface area (Å²) in [6.45, 7) is -0.329. The van der Waals surface area contributed by atoms with E-state index in [0.717, 1.165) is 21.9 Å². The standard InChI is InChI=1S/C24H21F7N2O3/c1-32(12-14-8-17(23(26,27)28)10-18(9-14)24(29,30)31)21(34)11-20(15-2-4-19(25)5-3-15)16-6-7-33(13-16)22(35)36/h2-5,8-10H,6-7,11-13H2,1H3,(H,35,36)/b20-16+. The lowest BCUT2D eigenvalue weighted by atomic mass is 9.95.